The van der Waals surface area contributed by atoms with Crippen molar-refractivity contribution in [1.82, 2.24) is 5.32 Å². The normalized spacial score (nSPS) is 13.9. The largest absolute Gasteiger partial charge is 0.472 e. The number of aliphatic hydroxyl groups excluding tert-OH is 1. The molecule has 0 rings (SSSR count). The van der Waals surface area contributed by atoms with Gasteiger partial charge >= 0.3 is 7.82 Å². The Morgan fingerprint density at radius 2 is 0.706 bits per heavy atom. The highest BCUT2D eigenvalue weighted by Crippen LogP contribution is 2.43. The quantitative estimate of drug-likeness (QED) is 0.0243. The number of hydrogen-bond acceptors (Lipinski definition) is 5. The van der Waals surface area contributed by atoms with Crippen molar-refractivity contribution in [1.29, 1.82) is 0 Å². The van der Waals surface area contributed by atoms with E-state index < -0.39 is 20.0 Å². The van der Waals surface area contributed by atoms with E-state index in [1.54, 1.807) is 6.08 Å². The molecule has 0 heterocycles. The van der Waals surface area contributed by atoms with Crippen molar-refractivity contribution in [3.8, 4) is 0 Å². The van der Waals surface area contributed by atoms with E-state index in [4.69, 9.17) is 9.05 Å². The molecule has 0 aliphatic heterocycles. The Kier molecular flexibility index (Phi) is 65.2. The third kappa shape index (κ3) is 69.5. The maximum absolute atomic E-state index is 13.1. The number of quaternary nitrogens is 1. The Hall–Kier alpha value is -1.80. The van der Waals surface area contributed by atoms with Crippen LogP contribution in [0.3, 0.4) is 0 Å². The summed E-state index contributed by atoms with van der Waals surface area (Å²) in [6.07, 6.45) is 92.4. The number of phosphoric acid groups is 1. The molecule has 0 spiro atoms. The zero-order valence-electron chi connectivity index (χ0n) is 57.4. The lowest BCUT2D eigenvalue weighted by Gasteiger charge is -2.25. The van der Waals surface area contributed by atoms with Crippen molar-refractivity contribution in [2.75, 3.05) is 40.9 Å². The van der Waals surface area contributed by atoms with E-state index >= 15 is 0 Å². The van der Waals surface area contributed by atoms with Crippen LogP contribution in [0.25, 0.3) is 0 Å². The number of nitrogens with one attached hydrogen (secondary N) is 1. The fraction of sp³-hybridized carbons (Fsp3) is 0.855. The van der Waals surface area contributed by atoms with Gasteiger partial charge in [0.25, 0.3) is 0 Å². The number of carbonyl (C=O) groups is 1. The number of hydrogen-bond donors (Lipinski definition) is 3. The van der Waals surface area contributed by atoms with E-state index in [1.807, 2.05) is 27.2 Å². The fourth-order valence-electron chi connectivity index (χ4n) is 11.3. The van der Waals surface area contributed by atoms with E-state index in [2.05, 4.69) is 67.8 Å². The molecule has 0 aromatic rings. The second-order valence-corrected chi connectivity index (χ2v) is 28.1. The summed E-state index contributed by atoms with van der Waals surface area (Å²) in [6.45, 7) is 4.76. The number of phosphoric ester groups is 1. The second-order valence-electron chi connectivity index (χ2n) is 26.6. The van der Waals surface area contributed by atoms with Gasteiger partial charge < -0.3 is 19.8 Å². The van der Waals surface area contributed by atoms with Crippen LogP contribution in [0.15, 0.2) is 60.8 Å². The van der Waals surface area contributed by atoms with Crippen LogP contribution in [0.1, 0.15) is 367 Å². The van der Waals surface area contributed by atoms with Gasteiger partial charge in [-0.2, -0.15) is 0 Å². The molecule has 500 valence electrons. The maximum Gasteiger partial charge on any atom is 0.472 e. The Morgan fingerprint density at radius 1 is 0.412 bits per heavy atom. The summed E-state index contributed by atoms with van der Waals surface area (Å²) in [5.41, 5.74) is 0. The van der Waals surface area contributed by atoms with Gasteiger partial charge in [0.15, 0.2) is 0 Å². The van der Waals surface area contributed by atoms with Gasteiger partial charge in [-0.25, -0.2) is 4.57 Å². The Bertz CT molecular complexity index is 1570. The molecule has 0 saturated carbocycles. The Morgan fingerprint density at radius 3 is 1.04 bits per heavy atom. The van der Waals surface area contributed by atoms with Crippen molar-refractivity contribution >= 4 is 13.7 Å². The molecule has 0 radical (unpaired) electrons. The van der Waals surface area contributed by atoms with E-state index in [9.17, 15) is 19.4 Å². The minimum absolute atomic E-state index is 0.0628. The fourth-order valence-corrected chi connectivity index (χ4v) is 12.0. The summed E-state index contributed by atoms with van der Waals surface area (Å²) in [7, 11) is 1.59. The predicted molar refractivity (Wildman–Crippen MR) is 374 cm³/mol. The highest BCUT2D eigenvalue weighted by molar-refractivity contribution is 7.47. The number of carbonyl (C=O) groups excluding carboxylic acids is 1. The smallest absolute Gasteiger partial charge is 0.387 e. The lowest BCUT2D eigenvalue weighted by atomic mass is 10.0. The van der Waals surface area contributed by atoms with E-state index in [0.717, 1.165) is 57.8 Å². The Labute approximate surface area is 530 Å². The minimum atomic E-state index is -4.36. The molecule has 0 saturated heterocycles. The zero-order valence-corrected chi connectivity index (χ0v) is 58.3. The minimum Gasteiger partial charge on any atom is -0.387 e. The first-order chi connectivity index (χ1) is 41.5. The summed E-state index contributed by atoms with van der Waals surface area (Å²) >= 11 is 0. The topological polar surface area (TPSA) is 105 Å². The first-order valence-electron chi connectivity index (χ1n) is 37.2. The summed E-state index contributed by atoms with van der Waals surface area (Å²) in [5, 5.41) is 14.0. The van der Waals surface area contributed by atoms with Gasteiger partial charge in [-0.1, -0.05) is 364 Å². The van der Waals surface area contributed by atoms with Crippen LogP contribution >= 0.6 is 7.82 Å². The van der Waals surface area contributed by atoms with Crippen LogP contribution in [0, 0.1) is 0 Å². The lowest BCUT2D eigenvalue weighted by molar-refractivity contribution is -0.870. The first-order valence-corrected chi connectivity index (χ1v) is 38.7. The second kappa shape index (κ2) is 66.6. The molecular formula is C76H146N2O6P+. The third-order valence-electron chi connectivity index (χ3n) is 17.0. The molecule has 8 nitrogen and oxygen atoms in total. The van der Waals surface area contributed by atoms with Gasteiger partial charge in [0, 0.05) is 6.42 Å². The standard InChI is InChI=1S/C76H145N2O6P/c1-6-8-10-12-14-16-18-20-22-24-26-28-30-32-34-36-37-38-39-40-41-42-44-46-48-50-52-54-56-58-60-62-64-66-68-70-76(80)77-74(73-84-85(81,82)83-72-71-78(3,4)5)75(79)69-67-65-63-61-59-57-55-53-51-49-47-45-43-35-33-31-29-27-25-23-21-19-17-15-13-11-9-7-2/h8,10,14,16,20,22,26,28,67,69,74-75,79H,6-7,9,11-13,15,17-19,21,23-25,27,29-66,68,70-73H2,1-5H3,(H-,77,80,81,82)/p+1/b10-8-,16-14-,22-20-,28-26-,69-67+. The molecule has 0 aliphatic rings. The average molecular weight is 1210 g/mol. The van der Waals surface area contributed by atoms with Crippen molar-refractivity contribution in [2.45, 2.75) is 379 Å². The van der Waals surface area contributed by atoms with Crippen LogP contribution in [-0.4, -0.2) is 73.4 Å². The number of unbranched alkanes of at least 4 members (excludes halogenated alkanes) is 48. The molecule has 3 atom stereocenters. The molecule has 0 aromatic heterocycles. The third-order valence-corrected chi connectivity index (χ3v) is 18.0. The molecule has 3 unspecified atom stereocenters. The molecule has 3 N–H and O–H groups in total. The number of amides is 1. The van der Waals surface area contributed by atoms with Gasteiger partial charge in [0.2, 0.25) is 5.91 Å². The molecule has 0 aliphatic carbocycles. The molecule has 9 heteroatoms. The molecule has 0 fully saturated rings. The van der Waals surface area contributed by atoms with E-state index in [0.29, 0.717) is 17.4 Å². The summed E-state index contributed by atoms with van der Waals surface area (Å²) < 4.78 is 23.9. The Balaban J connectivity index is 3.99. The number of aliphatic hydroxyl groups is 1. The average Bonchev–Trinajstić information content (AvgIpc) is 3.48. The van der Waals surface area contributed by atoms with E-state index in [1.165, 1.54) is 289 Å². The number of nitrogens with zero attached hydrogens (tertiary/aromatic N) is 1. The highest BCUT2D eigenvalue weighted by Gasteiger charge is 2.28. The van der Waals surface area contributed by atoms with Gasteiger partial charge in [0.1, 0.15) is 13.2 Å². The lowest BCUT2D eigenvalue weighted by Crippen LogP contribution is -2.45. The number of likely N-dealkylation sites (N-methyl/N-ethyl adjacent to an activating group) is 1. The van der Waals surface area contributed by atoms with Gasteiger partial charge in [-0.05, 0) is 57.8 Å². The van der Waals surface area contributed by atoms with Crippen LogP contribution in [0.2, 0.25) is 0 Å². The highest BCUT2D eigenvalue weighted by atomic mass is 31.2. The van der Waals surface area contributed by atoms with E-state index in [-0.39, 0.29) is 19.1 Å². The van der Waals surface area contributed by atoms with Crippen LogP contribution in [-0.2, 0) is 18.4 Å². The van der Waals surface area contributed by atoms with Crippen LogP contribution in [0.5, 0.6) is 0 Å². The first kappa shape index (κ1) is 83.2. The van der Waals surface area contributed by atoms with Crippen LogP contribution in [0.4, 0.5) is 0 Å². The van der Waals surface area contributed by atoms with Crippen molar-refractivity contribution in [2.24, 2.45) is 0 Å². The predicted octanol–water partition coefficient (Wildman–Crippen LogP) is 23.9. The molecule has 0 bridgehead atoms. The maximum atomic E-state index is 13.1. The van der Waals surface area contributed by atoms with Gasteiger partial charge in [0.05, 0.1) is 39.9 Å². The summed E-state index contributed by atoms with van der Waals surface area (Å²) in [6, 6.07) is -0.848. The molecule has 0 aromatic carbocycles. The SMILES string of the molecule is CC/C=C\C/C=C\C/C=C\C/C=C\CCCCCCCCCCCCCCCCCCCCCCCCC(=O)NC(COP(=O)(O)OCC[N+](C)(C)C)C(O)/C=C/CCCCCCCCCCCCCCCCCCCCCCCCCCCC. The van der Waals surface area contributed by atoms with Crippen LogP contribution < -0.4 is 5.32 Å². The summed E-state index contributed by atoms with van der Waals surface area (Å²) in [5.74, 6) is -0.170. The van der Waals surface area contributed by atoms with Gasteiger partial charge in [-0.3, -0.25) is 13.8 Å². The van der Waals surface area contributed by atoms with Crippen molar-refractivity contribution < 1.29 is 32.9 Å². The molecule has 1 amide bonds. The van der Waals surface area contributed by atoms with Crippen molar-refractivity contribution in [3.05, 3.63) is 60.8 Å². The van der Waals surface area contributed by atoms with Gasteiger partial charge in [-0.15, -0.1) is 0 Å². The number of rotatable bonds is 69. The summed E-state index contributed by atoms with van der Waals surface area (Å²) in [4.78, 5) is 23.5. The zero-order chi connectivity index (χ0) is 61.9. The molecule has 85 heavy (non-hydrogen) atoms. The van der Waals surface area contributed by atoms with Crippen molar-refractivity contribution in [3.63, 3.8) is 0 Å². The molecular weight excluding hydrogens is 1070 g/mol. The monoisotopic (exact) mass is 1210 g/mol. The number of allylic oxidation sites excluding steroid dienone is 9.